The molecule has 0 N–H and O–H groups in total. The highest BCUT2D eigenvalue weighted by Gasteiger charge is 2.10. The number of ether oxygens (including phenoxy) is 1. The van der Waals surface area contributed by atoms with Crippen molar-refractivity contribution < 1.29 is 9.13 Å². The van der Waals surface area contributed by atoms with Crippen LogP contribution in [0.25, 0.3) is 0 Å². The Morgan fingerprint density at radius 3 is 2.50 bits per heavy atom. The average Bonchev–Trinajstić information content (AvgIpc) is 2.36. The van der Waals surface area contributed by atoms with E-state index >= 15 is 0 Å². The molecule has 0 atom stereocenters. The molecule has 90 valence electrons. The zero-order valence-electron chi connectivity index (χ0n) is 9.91. The van der Waals surface area contributed by atoms with Crippen molar-refractivity contribution in [2.75, 3.05) is 0 Å². The monoisotopic (exact) mass is 260 g/mol. The summed E-state index contributed by atoms with van der Waals surface area (Å²) < 4.78 is 19.1. The van der Waals surface area contributed by atoms with Gasteiger partial charge in [0.1, 0.15) is 26.0 Å². The number of hydrogen-bond donors (Lipinski definition) is 0. The molecule has 0 aliphatic carbocycles. The van der Waals surface area contributed by atoms with Crippen molar-refractivity contribution in [3.05, 3.63) is 58.4 Å². The molecule has 2 aromatic rings. The molecule has 0 saturated heterocycles. The van der Waals surface area contributed by atoms with Crippen LogP contribution in [0.2, 0.25) is 5.02 Å². The number of hydrogen-bond acceptors (Lipinski definition) is 1. The van der Waals surface area contributed by atoms with Crippen LogP contribution in [0.15, 0.2) is 36.4 Å². The molecule has 0 amide bonds. The van der Waals surface area contributed by atoms with Gasteiger partial charge in [0, 0.05) is 5.56 Å². The average molecular weight is 261 g/mol. The summed E-state index contributed by atoms with van der Waals surface area (Å²) in [5, 5.41) is 0.408. The Morgan fingerprint density at radius 1 is 1.17 bits per heavy atom. The zero-order chi connectivity index (χ0) is 13.1. The van der Waals surface area contributed by atoms with Crippen LogP contribution in [0.4, 0.5) is 4.39 Å². The van der Waals surface area contributed by atoms with Crippen molar-refractivity contribution in [3.63, 3.8) is 0 Å². The standard InChI is InChI=1S/C14H11BClFO/c1-9-2-7-13(17)12(14(9)16)8-18-11-5-3-10(15)4-6-11/h2-7H,8H2,1H3. The van der Waals surface area contributed by atoms with E-state index in [1.165, 1.54) is 6.07 Å². The van der Waals surface area contributed by atoms with Gasteiger partial charge in [0.15, 0.2) is 0 Å². The van der Waals surface area contributed by atoms with E-state index in [2.05, 4.69) is 0 Å². The van der Waals surface area contributed by atoms with Gasteiger partial charge in [0.05, 0.1) is 5.02 Å². The SMILES string of the molecule is [B]c1ccc(OCc2c(F)ccc(C)c2Cl)cc1. The molecule has 0 aliphatic heterocycles. The fourth-order valence-corrected chi connectivity index (χ4v) is 1.77. The van der Waals surface area contributed by atoms with E-state index in [4.69, 9.17) is 24.2 Å². The maximum atomic E-state index is 13.6. The molecule has 2 radical (unpaired) electrons. The lowest BCUT2D eigenvalue weighted by Crippen LogP contribution is -2.03. The highest BCUT2D eigenvalue weighted by atomic mass is 35.5. The number of halogens is 2. The van der Waals surface area contributed by atoms with Gasteiger partial charge in [-0.25, -0.2) is 4.39 Å². The second-order valence-electron chi connectivity index (χ2n) is 4.01. The first kappa shape index (κ1) is 13.0. The van der Waals surface area contributed by atoms with E-state index in [1.807, 2.05) is 6.92 Å². The molecule has 0 bridgehead atoms. The molecular formula is C14H11BClFO. The van der Waals surface area contributed by atoms with Gasteiger partial charge in [-0.15, -0.1) is 0 Å². The molecule has 0 fully saturated rings. The molecule has 0 unspecified atom stereocenters. The van der Waals surface area contributed by atoms with Crippen molar-refractivity contribution in [2.45, 2.75) is 13.5 Å². The molecule has 0 heterocycles. The van der Waals surface area contributed by atoms with E-state index in [-0.39, 0.29) is 12.4 Å². The highest BCUT2D eigenvalue weighted by molar-refractivity contribution is 6.32. The molecule has 2 aromatic carbocycles. The molecule has 2 rings (SSSR count). The molecule has 0 saturated carbocycles. The zero-order valence-corrected chi connectivity index (χ0v) is 10.7. The third-order valence-electron chi connectivity index (χ3n) is 2.64. The maximum absolute atomic E-state index is 13.6. The topological polar surface area (TPSA) is 9.23 Å². The summed E-state index contributed by atoms with van der Waals surface area (Å²) in [5.74, 6) is 0.266. The third-order valence-corrected chi connectivity index (χ3v) is 3.17. The lowest BCUT2D eigenvalue weighted by atomic mass is 9.97. The van der Waals surface area contributed by atoms with Crippen LogP contribution in [-0.2, 0) is 6.61 Å². The van der Waals surface area contributed by atoms with E-state index in [0.29, 0.717) is 21.8 Å². The lowest BCUT2D eigenvalue weighted by molar-refractivity contribution is 0.300. The van der Waals surface area contributed by atoms with Gasteiger partial charge in [-0.05, 0) is 30.7 Å². The quantitative estimate of drug-likeness (QED) is 0.770. The fraction of sp³-hybridized carbons (Fsp3) is 0.143. The highest BCUT2D eigenvalue weighted by Crippen LogP contribution is 2.24. The summed E-state index contributed by atoms with van der Waals surface area (Å²) in [5.41, 5.74) is 1.85. The number of aryl methyl sites for hydroxylation is 1. The predicted octanol–water partition coefficient (Wildman–Crippen LogP) is 3.16. The molecule has 1 nitrogen and oxygen atoms in total. The van der Waals surface area contributed by atoms with Gasteiger partial charge in [-0.3, -0.25) is 0 Å². The van der Waals surface area contributed by atoms with Crippen LogP contribution in [0.1, 0.15) is 11.1 Å². The predicted molar refractivity (Wildman–Crippen MR) is 72.3 cm³/mol. The Morgan fingerprint density at radius 2 is 1.83 bits per heavy atom. The summed E-state index contributed by atoms with van der Waals surface area (Å²) in [7, 11) is 5.57. The van der Waals surface area contributed by atoms with Crippen molar-refractivity contribution in [3.8, 4) is 5.75 Å². The smallest absolute Gasteiger partial charge is 0.131 e. The van der Waals surface area contributed by atoms with Gasteiger partial charge >= 0.3 is 0 Å². The van der Waals surface area contributed by atoms with Gasteiger partial charge < -0.3 is 4.74 Å². The Balaban J connectivity index is 2.15. The summed E-state index contributed by atoms with van der Waals surface area (Å²) in [4.78, 5) is 0. The Hall–Kier alpha value is -1.48. The van der Waals surface area contributed by atoms with Crippen molar-refractivity contribution >= 4 is 24.9 Å². The fourth-order valence-electron chi connectivity index (χ4n) is 1.57. The van der Waals surface area contributed by atoms with Gasteiger partial charge in [-0.2, -0.15) is 0 Å². The van der Waals surface area contributed by atoms with Gasteiger partial charge in [0.25, 0.3) is 0 Å². The minimum Gasteiger partial charge on any atom is -0.489 e. The summed E-state index contributed by atoms with van der Waals surface area (Å²) >= 11 is 6.05. The van der Waals surface area contributed by atoms with Crippen LogP contribution >= 0.6 is 11.6 Å². The molecule has 0 aromatic heterocycles. The van der Waals surface area contributed by atoms with E-state index in [9.17, 15) is 4.39 Å². The molecule has 0 aliphatic rings. The summed E-state index contributed by atoms with van der Waals surface area (Å²) in [6, 6.07) is 9.95. The first-order chi connectivity index (χ1) is 8.58. The first-order valence-electron chi connectivity index (χ1n) is 5.50. The van der Waals surface area contributed by atoms with Gasteiger partial charge in [0.2, 0.25) is 0 Å². The second kappa shape index (κ2) is 5.45. The summed E-state index contributed by atoms with van der Waals surface area (Å²) in [6.45, 7) is 1.92. The molecule has 18 heavy (non-hydrogen) atoms. The maximum Gasteiger partial charge on any atom is 0.131 e. The number of rotatable bonds is 3. The largest absolute Gasteiger partial charge is 0.489 e. The minimum atomic E-state index is -0.360. The van der Waals surface area contributed by atoms with E-state index < -0.39 is 0 Å². The Bertz CT molecular complexity index is 554. The van der Waals surface area contributed by atoms with E-state index in [0.717, 1.165) is 5.56 Å². The first-order valence-corrected chi connectivity index (χ1v) is 5.87. The van der Waals surface area contributed by atoms with Gasteiger partial charge in [-0.1, -0.05) is 35.3 Å². The second-order valence-corrected chi connectivity index (χ2v) is 4.39. The molecule has 0 spiro atoms. The Kier molecular flexibility index (Phi) is 3.92. The lowest BCUT2D eigenvalue weighted by Gasteiger charge is -2.10. The summed E-state index contributed by atoms with van der Waals surface area (Å²) in [6.07, 6.45) is 0. The molecule has 4 heteroatoms. The van der Waals surface area contributed by atoms with Crippen molar-refractivity contribution in [2.24, 2.45) is 0 Å². The van der Waals surface area contributed by atoms with Crippen LogP contribution < -0.4 is 10.2 Å². The third kappa shape index (κ3) is 2.85. The normalized spacial score (nSPS) is 10.4. The Labute approximate surface area is 112 Å². The van der Waals surface area contributed by atoms with Crippen LogP contribution in [0.3, 0.4) is 0 Å². The van der Waals surface area contributed by atoms with Crippen molar-refractivity contribution in [1.29, 1.82) is 0 Å². The van der Waals surface area contributed by atoms with Crippen LogP contribution in [0.5, 0.6) is 5.75 Å². The van der Waals surface area contributed by atoms with Crippen LogP contribution in [-0.4, -0.2) is 7.85 Å². The van der Waals surface area contributed by atoms with Crippen molar-refractivity contribution in [1.82, 2.24) is 0 Å². The molecular weight excluding hydrogens is 249 g/mol. The minimum absolute atomic E-state index is 0.0935. The van der Waals surface area contributed by atoms with E-state index in [1.54, 1.807) is 30.3 Å². The van der Waals surface area contributed by atoms with Crippen LogP contribution in [0, 0.1) is 12.7 Å². The number of benzene rings is 2.